The third kappa shape index (κ3) is 3.31. The molecule has 0 fully saturated rings. The van der Waals surface area contributed by atoms with E-state index in [2.05, 4.69) is 0 Å². The second-order valence-corrected chi connectivity index (χ2v) is 3.29. The van der Waals surface area contributed by atoms with E-state index in [-0.39, 0.29) is 19.0 Å². The molecule has 15 heavy (non-hydrogen) atoms. The Bertz CT molecular complexity index is 380. The summed E-state index contributed by atoms with van der Waals surface area (Å²) in [6.45, 7) is 1.27. The number of allylic oxidation sites excluding steroid dienone is 1. The van der Waals surface area contributed by atoms with E-state index in [0.717, 1.165) is 5.56 Å². The fraction of sp³-hybridized carbons (Fsp3) is 0.250. The third-order valence-corrected chi connectivity index (χ3v) is 2.08. The van der Waals surface area contributed by atoms with Gasteiger partial charge in [0.05, 0.1) is 13.2 Å². The number of ketones is 1. The van der Waals surface area contributed by atoms with Crippen molar-refractivity contribution in [2.24, 2.45) is 0 Å². The number of aliphatic hydroxyl groups excluding tert-OH is 2. The largest absolute Gasteiger partial charge is 0.392 e. The Labute approximate surface area is 88.7 Å². The highest BCUT2D eigenvalue weighted by atomic mass is 16.3. The highest BCUT2D eigenvalue weighted by Crippen LogP contribution is 2.13. The predicted octanol–water partition coefficient (Wildman–Crippen LogP) is 1.27. The molecule has 80 valence electrons. The van der Waals surface area contributed by atoms with E-state index >= 15 is 0 Å². The fourth-order valence-electron chi connectivity index (χ4n) is 1.26. The molecule has 0 aliphatic heterocycles. The van der Waals surface area contributed by atoms with Crippen molar-refractivity contribution >= 4 is 11.9 Å². The van der Waals surface area contributed by atoms with Gasteiger partial charge in [0.25, 0.3) is 0 Å². The Morgan fingerprint density at radius 1 is 1.27 bits per heavy atom. The van der Waals surface area contributed by atoms with Gasteiger partial charge in [0.15, 0.2) is 5.78 Å². The Morgan fingerprint density at radius 3 is 2.47 bits per heavy atom. The lowest BCUT2D eigenvalue weighted by molar-refractivity contribution is -0.112. The van der Waals surface area contributed by atoms with Crippen LogP contribution in [-0.4, -0.2) is 16.0 Å². The minimum atomic E-state index is -0.113. The minimum absolute atomic E-state index is 0.0215. The molecule has 0 saturated carbocycles. The standard InChI is InChI=1S/C12H14O3/c1-9(15)2-3-10-4-5-11(7-13)12(6-10)8-14/h2-6,13-14H,7-8H2,1H3. The Morgan fingerprint density at radius 2 is 1.93 bits per heavy atom. The maximum absolute atomic E-state index is 10.7. The predicted molar refractivity (Wildman–Crippen MR) is 58.0 cm³/mol. The molecule has 3 heteroatoms. The molecule has 0 aromatic heterocycles. The van der Waals surface area contributed by atoms with Gasteiger partial charge in [-0.2, -0.15) is 0 Å². The van der Waals surface area contributed by atoms with Gasteiger partial charge in [0, 0.05) is 0 Å². The first kappa shape index (κ1) is 11.6. The van der Waals surface area contributed by atoms with Crippen LogP contribution in [0.2, 0.25) is 0 Å². The van der Waals surface area contributed by atoms with Crippen LogP contribution < -0.4 is 0 Å². The molecule has 0 unspecified atom stereocenters. The molecule has 0 aliphatic rings. The Kier molecular flexibility index (Phi) is 4.21. The molecule has 0 radical (unpaired) electrons. The molecular formula is C12H14O3. The number of carbonyl (C=O) groups excluding carboxylic acids is 1. The van der Waals surface area contributed by atoms with Crippen molar-refractivity contribution in [1.29, 1.82) is 0 Å². The Hall–Kier alpha value is -1.45. The summed E-state index contributed by atoms with van der Waals surface area (Å²) < 4.78 is 0. The molecule has 0 heterocycles. The number of carbonyl (C=O) groups is 1. The molecule has 0 atom stereocenters. The van der Waals surface area contributed by atoms with Crippen LogP contribution in [0.3, 0.4) is 0 Å². The molecule has 1 rings (SSSR count). The van der Waals surface area contributed by atoms with Crippen LogP contribution in [-0.2, 0) is 18.0 Å². The number of benzene rings is 1. The lowest BCUT2D eigenvalue weighted by Gasteiger charge is -2.05. The number of aliphatic hydroxyl groups is 2. The number of rotatable bonds is 4. The summed E-state index contributed by atoms with van der Waals surface area (Å²) >= 11 is 0. The van der Waals surface area contributed by atoms with Gasteiger partial charge in [0.2, 0.25) is 0 Å². The second-order valence-electron chi connectivity index (χ2n) is 3.29. The van der Waals surface area contributed by atoms with E-state index in [4.69, 9.17) is 10.2 Å². The average Bonchev–Trinajstić information content (AvgIpc) is 2.25. The van der Waals surface area contributed by atoms with Crippen molar-refractivity contribution < 1.29 is 15.0 Å². The van der Waals surface area contributed by atoms with E-state index < -0.39 is 0 Å². The van der Waals surface area contributed by atoms with Crippen LogP contribution in [0.25, 0.3) is 6.08 Å². The first-order valence-corrected chi connectivity index (χ1v) is 4.69. The average molecular weight is 206 g/mol. The molecular weight excluding hydrogens is 192 g/mol. The van der Waals surface area contributed by atoms with Crippen LogP contribution in [0.15, 0.2) is 24.3 Å². The van der Waals surface area contributed by atoms with Gasteiger partial charge in [0.1, 0.15) is 0 Å². The minimum Gasteiger partial charge on any atom is -0.392 e. The molecule has 0 spiro atoms. The topological polar surface area (TPSA) is 57.5 Å². The molecule has 3 nitrogen and oxygen atoms in total. The molecule has 0 amide bonds. The van der Waals surface area contributed by atoms with Crippen molar-refractivity contribution in [2.45, 2.75) is 20.1 Å². The normalized spacial score (nSPS) is 10.9. The highest BCUT2D eigenvalue weighted by Gasteiger charge is 2.00. The Balaban J connectivity index is 2.97. The van der Waals surface area contributed by atoms with E-state index in [1.807, 2.05) is 0 Å². The lowest BCUT2D eigenvalue weighted by atomic mass is 10.0. The van der Waals surface area contributed by atoms with Gasteiger partial charge >= 0.3 is 0 Å². The monoisotopic (exact) mass is 206 g/mol. The third-order valence-electron chi connectivity index (χ3n) is 2.08. The molecule has 1 aromatic rings. The summed E-state index contributed by atoms with van der Waals surface area (Å²) in [4.78, 5) is 10.7. The van der Waals surface area contributed by atoms with Crippen LogP contribution in [0, 0.1) is 0 Å². The summed E-state index contributed by atoms with van der Waals surface area (Å²) in [6, 6.07) is 5.29. The smallest absolute Gasteiger partial charge is 0.152 e. The van der Waals surface area contributed by atoms with E-state index in [1.165, 1.54) is 13.0 Å². The fourth-order valence-corrected chi connectivity index (χ4v) is 1.26. The SMILES string of the molecule is CC(=O)C=Cc1ccc(CO)c(CO)c1. The van der Waals surface area contributed by atoms with Crippen molar-refractivity contribution in [1.82, 2.24) is 0 Å². The second kappa shape index (κ2) is 5.44. The van der Waals surface area contributed by atoms with Crippen molar-refractivity contribution in [3.05, 3.63) is 41.0 Å². The van der Waals surface area contributed by atoms with Crippen LogP contribution in [0.5, 0.6) is 0 Å². The first-order chi connectivity index (χ1) is 7.17. The van der Waals surface area contributed by atoms with E-state index in [9.17, 15) is 4.79 Å². The summed E-state index contributed by atoms with van der Waals surface area (Å²) in [6.07, 6.45) is 3.15. The van der Waals surface area contributed by atoms with Gasteiger partial charge in [-0.05, 0) is 35.8 Å². The first-order valence-electron chi connectivity index (χ1n) is 4.69. The van der Waals surface area contributed by atoms with Gasteiger partial charge in [-0.15, -0.1) is 0 Å². The molecule has 0 saturated heterocycles. The zero-order valence-electron chi connectivity index (χ0n) is 8.60. The maximum Gasteiger partial charge on any atom is 0.152 e. The van der Waals surface area contributed by atoms with Crippen molar-refractivity contribution in [3.63, 3.8) is 0 Å². The van der Waals surface area contributed by atoms with Gasteiger partial charge in [-0.3, -0.25) is 4.79 Å². The molecule has 2 N–H and O–H groups in total. The van der Waals surface area contributed by atoms with Crippen molar-refractivity contribution in [3.8, 4) is 0 Å². The van der Waals surface area contributed by atoms with Gasteiger partial charge in [-0.25, -0.2) is 0 Å². The summed E-state index contributed by atoms with van der Waals surface area (Å²) in [5.41, 5.74) is 2.23. The zero-order chi connectivity index (χ0) is 11.3. The maximum atomic E-state index is 10.7. The van der Waals surface area contributed by atoms with E-state index in [0.29, 0.717) is 11.1 Å². The van der Waals surface area contributed by atoms with Gasteiger partial charge < -0.3 is 10.2 Å². The summed E-state index contributed by atoms with van der Waals surface area (Å²) in [5.74, 6) is -0.0215. The zero-order valence-corrected chi connectivity index (χ0v) is 8.60. The van der Waals surface area contributed by atoms with Crippen LogP contribution in [0.1, 0.15) is 23.6 Å². The summed E-state index contributed by atoms with van der Waals surface area (Å²) in [5, 5.41) is 18.0. The van der Waals surface area contributed by atoms with Crippen LogP contribution in [0.4, 0.5) is 0 Å². The molecule has 0 bridgehead atoms. The molecule has 0 aliphatic carbocycles. The molecule has 1 aromatic carbocycles. The lowest BCUT2D eigenvalue weighted by Crippen LogP contribution is -1.94. The van der Waals surface area contributed by atoms with Crippen LogP contribution >= 0.6 is 0 Å². The number of hydrogen-bond acceptors (Lipinski definition) is 3. The van der Waals surface area contributed by atoms with Gasteiger partial charge in [-0.1, -0.05) is 18.2 Å². The number of hydrogen-bond donors (Lipinski definition) is 2. The highest BCUT2D eigenvalue weighted by molar-refractivity contribution is 5.91. The van der Waals surface area contributed by atoms with Crippen molar-refractivity contribution in [2.75, 3.05) is 0 Å². The summed E-state index contributed by atoms with van der Waals surface area (Å²) in [7, 11) is 0. The quantitative estimate of drug-likeness (QED) is 0.729. The van der Waals surface area contributed by atoms with E-state index in [1.54, 1.807) is 24.3 Å².